The van der Waals surface area contributed by atoms with Crippen LogP contribution in [0.2, 0.25) is 0 Å². The lowest BCUT2D eigenvalue weighted by molar-refractivity contribution is 0.0826. The van der Waals surface area contributed by atoms with E-state index in [9.17, 15) is 17.2 Å². The summed E-state index contributed by atoms with van der Waals surface area (Å²) >= 11 is 0. The summed E-state index contributed by atoms with van der Waals surface area (Å²) in [5.41, 5.74) is 1.86. The van der Waals surface area contributed by atoms with Crippen LogP contribution in [0.3, 0.4) is 0 Å². The van der Waals surface area contributed by atoms with Crippen LogP contribution in [0.5, 0.6) is 5.75 Å². The van der Waals surface area contributed by atoms with Gasteiger partial charge in [0.15, 0.2) is 0 Å². The van der Waals surface area contributed by atoms with E-state index < -0.39 is 23.1 Å². The maximum absolute atomic E-state index is 13.3. The van der Waals surface area contributed by atoms with Crippen LogP contribution >= 0.6 is 0 Å². The van der Waals surface area contributed by atoms with Crippen molar-refractivity contribution < 1.29 is 21.9 Å². The SMILES string of the molecule is O=S(=O)(NC1CCN(c2nc3ccccc3[nH]2)CC1)c1ccc(OCC(F)F)c2ccccc12. The van der Waals surface area contributed by atoms with Gasteiger partial charge in [-0.1, -0.05) is 36.4 Å². The Hall–Kier alpha value is -3.24. The number of aromatic amines is 1. The van der Waals surface area contributed by atoms with Crippen LogP contribution < -0.4 is 14.4 Å². The highest BCUT2D eigenvalue weighted by molar-refractivity contribution is 7.89. The van der Waals surface area contributed by atoms with Crippen LogP contribution in [0.15, 0.2) is 65.6 Å². The number of aromatic nitrogens is 2. The number of sulfonamides is 1. The minimum atomic E-state index is -3.83. The third-order valence-electron chi connectivity index (χ3n) is 5.99. The lowest BCUT2D eigenvalue weighted by Crippen LogP contribution is -2.45. The molecule has 10 heteroatoms. The first-order chi connectivity index (χ1) is 16.4. The topological polar surface area (TPSA) is 87.3 Å². The molecule has 178 valence electrons. The molecule has 1 saturated heterocycles. The van der Waals surface area contributed by atoms with Crippen LogP contribution in [-0.4, -0.2) is 50.5 Å². The number of halogens is 2. The molecule has 0 radical (unpaired) electrons. The summed E-state index contributed by atoms with van der Waals surface area (Å²) < 4.78 is 59.7. The maximum atomic E-state index is 13.3. The number of ether oxygens (including phenoxy) is 1. The molecule has 3 aromatic carbocycles. The number of hydrogen-bond acceptors (Lipinski definition) is 5. The summed E-state index contributed by atoms with van der Waals surface area (Å²) in [4.78, 5) is 10.2. The molecule has 4 aromatic rings. The molecule has 1 fully saturated rings. The molecule has 0 bridgehead atoms. The van der Waals surface area contributed by atoms with Crippen LogP contribution in [0, 0.1) is 0 Å². The van der Waals surface area contributed by atoms with E-state index in [4.69, 9.17) is 4.74 Å². The van der Waals surface area contributed by atoms with E-state index in [1.165, 1.54) is 12.1 Å². The maximum Gasteiger partial charge on any atom is 0.272 e. The minimum Gasteiger partial charge on any atom is -0.487 e. The average molecular weight is 487 g/mol. The number of para-hydroxylation sites is 2. The lowest BCUT2D eigenvalue weighted by Gasteiger charge is -2.32. The summed E-state index contributed by atoms with van der Waals surface area (Å²) in [5, 5.41) is 0.909. The number of fused-ring (bicyclic) bond motifs is 2. The second-order valence-corrected chi connectivity index (χ2v) is 9.95. The van der Waals surface area contributed by atoms with E-state index >= 15 is 0 Å². The number of imidazole rings is 1. The van der Waals surface area contributed by atoms with E-state index in [2.05, 4.69) is 19.6 Å². The molecule has 0 spiro atoms. The van der Waals surface area contributed by atoms with Crippen molar-refractivity contribution in [3.8, 4) is 5.75 Å². The fraction of sp³-hybridized carbons (Fsp3) is 0.292. The van der Waals surface area contributed by atoms with Crippen molar-refractivity contribution in [2.45, 2.75) is 30.2 Å². The third kappa shape index (κ3) is 4.55. The molecule has 0 unspecified atom stereocenters. The molecule has 1 aromatic heterocycles. The molecule has 0 atom stereocenters. The van der Waals surface area contributed by atoms with E-state index in [0.29, 0.717) is 36.7 Å². The fourth-order valence-corrected chi connectivity index (χ4v) is 5.85. The molecule has 1 aliphatic rings. The van der Waals surface area contributed by atoms with Crippen molar-refractivity contribution in [2.24, 2.45) is 0 Å². The first-order valence-corrected chi connectivity index (χ1v) is 12.5. The average Bonchev–Trinajstić information content (AvgIpc) is 3.27. The van der Waals surface area contributed by atoms with Crippen molar-refractivity contribution in [1.29, 1.82) is 0 Å². The van der Waals surface area contributed by atoms with Gasteiger partial charge in [0.1, 0.15) is 12.4 Å². The second kappa shape index (κ2) is 9.19. The number of alkyl halides is 2. The van der Waals surface area contributed by atoms with Gasteiger partial charge in [0, 0.05) is 29.9 Å². The van der Waals surface area contributed by atoms with Gasteiger partial charge < -0.3 is 14.6 Å². The number of nitrogens with zero attached hydrogens (tertiary/aromatic N) is 2. The number of rotatable bonds is 7. The van der Waals surface area contributed by atoms with Gasteiger partial charge in [-0.15, -0.1) is 0 Å². The van der Waals surface area contributed by atoms with Crippen molar-refractivity contribution in [2.75, 3.05) is 24.6 Å². The molecule has 1 aliphatic heterocycles. The molecule has 0 aliphatic carbocycles. The molecule has 2 N–H and O–H groups in total. The molecular weight excluding hydrogens is 462 g/mol. The van der Waals surface area contributed by atoms with Gasteiger partial charge in [-0.3, -0.25) is 0 Å². The Morgan fingerprint density at radius 1 is 1.03 bits per heavy atom. The molecule has 2 heterocycles. The minimum absolute atomic E-state index is 0.104. The molecular formula is C24H24F2N4O3S. The van der Waals surface area contributed by atoms with E-state index in [1.54, 1.807) is 24.3 Å². The normalized spacial score (nSPS) is 15.4. The summed E-state index contributed by atoms with van der Waals surface area (Å²) in [6.07, 6.45) is -1.36. The molecule has 34 heavy (non-hydrogen) atoms. The zero-order valence-electron chi connectivity index (χ0n) is 18.2. The Bertz CT molecular complexity index is 1380. The highest BCUT2D eigenvalue weighted by Crippen LogP contribution is 2.32. The summed E-state index contributed by atoms with van der Waals surface area (Å²) in [5.74, 6) is 1.02. The fourth-order valence-electron chi connectivity index (χ4n) is 4.34. The number of hydrogen-bond donors (Lipinski definition) is 2. The molecule has 5 rings (SSSR count). The Balaban J connectivity index is 1.31. The van der Waals surface area contributed by atoms with E-state index in [-0.39, 0.29) is 16.7 Å². The zero-order valence-corrected chi connectivity index (χ0v) is 19.1. The lowest BCUT2D eigenvalue weighted by atomic mass is 10.1. The summed E-state index contributed by atoms with van der Waals surface area (Å²) in [6.45, 7) is 0.570. The van der Waals surface area contributed by atoms with Crippen molar-refractivity contribution in [3.63, 3.8) is 0 Å². The smallest absolute Gasteiger partial charge is 0.272 e. The van der Waals surface area contributed by atoms with Crippen LogP contribution in [0.25, 0.3) is 21.8 Å². The first kappa shape index (κ1) is 22.5. The molecule has 0 amide bonds. The second-order valence-electron chi connectivity index (χ2n) is 8.27. The van der Waals surface area contributed by atoms with Gasteiger partial charge in [0.2, 0.25) is 16.0 Å². The van der Waals surface area contributed by atoms with Gasteiger partial charge in [-0.2, -0.15) is 0 Å². The van der Waals surface area contributed by atoms with Crippen molar-refractivity contribution in [3.05, 3.63) is 60.7 Å². The van der Waals surface area contributed by atoms with Gasteiger partial charge in [0.05, 0.1) is 15.9 Å². The number of piperidine rings is 1. The molecule has 7 nitrogen and oxygen atoms in total. The Kier molecular flexibility index (Phi) is 6.09. The Morgan fingerprint density at radius 3 is 2.47 bits per heavy atom. The first-order valence-electron chi connectivity index (χ1n) is 11.1. The molecule has 0 saturated carbocycles. The highest BCUT2D eigenvalue weighted by Gasteiger charge is 2.27. The van der Waals surface area contributed by atoms with Crippen LogP contribution in [-0.2, 0) is 10.0 Å². The van der Waals surface area contributed by atoms with Gasteiger partial charge in [-0.05, 0) is 37.1 Å². The predicted octanol–water partition coefficient (Wildman–Crippen LogP) is 4.31. The standard InChI is InChI=1S/C24H24F2N4O3S/c25-23(26)15-33-21-9-10-22(18-6-2-1-5-17(18)21)34(31,32)29-16-11-13-30(14-12-16)24-27-19-7-3-4-8-20(19)28-24/h1-10,16,23,29H,11-15H2,(H,27,28). The zero-order chi connectivity index (χ0) is 23.7. The number of nitrogens with one attached hydrogen (secondary N) is 2. The summed E-state index contributed by atoms with van der Waals surface area (Å²) in [7, 11) is -3.83. The third-order valence-corrected chi connectivity index (χ3v) is 7.57. The van der Waals surface area contributed by atoms with Crippen molar-refractivity contribution in [1.82, 2.24) is 14.7 Å². The monoisotopic (exact) mass is 486 g/mol. The quantitative estimate of drug-likeness (QED) is 0.407. The van der Waals surface area contributed by atoms with E-state index in [1.807, 2.05) is 24.3 Å². The van der Waals surface area contributed by atoms with Crippen LogP contribution in [0.1, 0.15) is 12.8 Å². The number of H-pyrrole nitrogens is 1. The Morgan fingerprint density at radius 2 is 1.74 bits per heavy atom. The van der Waals surface area contributed by atoms with E-state index in [0.717, 1.165) is 17.0 Å². The Labute approximate surface area is 195 Å². The predicted molar refractivity (Wildman–Crippen MR) is 127 cm³/mol. The highest BCUT2D eigenvalue weighted by atomic mass is 32.2. The largest absolute Gasteiger partial charge is 0.487 e. The van der Waals surface area contributed by atoms with Crippen molar-refractivity contribution >= 4 is 37.8 Å². The van der Waals surface area contributed by atoms with Gasteiger partial charge in [0.25, 0.3) is 6.43 Å². The number of benzene rings is 3. The van der Waals surface area contributed by atoms with Crippen LogP contribution in [0.4, 0.5) is 14.7 Å². The van der Waals surface area contributed by atoms with Gasteiger partial charge in [-0.25, -0.2) is 26.9 Å². The summed E-state index contributed by atoms with van der Waals surface area (Å²) in [6, 6.07) is 17.2. The van der Waals surface area contributed by atoms with Gasteiger partial charge >= 0.3 is 0 Å². The number of anilines is 1.